The molecule has 2 rings (SSSR count). The average molecular weight is 621 g/mol. The Morgan fingerprint density at radius 3 is 2.24 bits per heavy atom. The Labute approximate surface area is 158 Å². The van der Waals surface area contributed by atoms with Gasteiger partial charge in [-0.2, -0.15) is 0 Å². The second-order valence-corrected chi connectivity index (χ2v) is 17.0. The number of fused-ring (bicyclic) bond motifs is 1. The first kappa shape index (κ1) is 18.1. The van der Waals surface area contributed by atoms with Crippen molar-refractivity contribution in [3.63, 3.8) is 0 Å². The summed E-state index contributed by atoms with van der Waals surface area (Å²) >= 11 is 1.19. The van der Waals surface area contributed by atoms with Crippen LogP contribution in [-0.4, -0.2) is 25.2 Å². The number of unbranched alkanes of at least 4 members (excludes halogenated alkanes) is 2. The van der Waals surface area contributed by atoms with E-state index in [0.717, 1.165) is 47.4 Å². The van der Waals surface area contributed by atoms with Gasteiger partial charge < -0.3 is 0 Å². The van der Waals surface area contributed by atoms with Crippen molar-refractivity contribution in [2.45, 2.75) is 48.4 Å². The summed E-state index contributed by atoms with van der Waals surface area (Å²) in [6.45, 7) is 4.34. The van der Waals surface area contributed by atoms with Crippen LogP contribution >= 0.6 is 45.2 Å². The van der Waals surface area contributed by atoms with E-state index in [9.17, 15) is 4.79 Å². The molecule has 0 fully saturated rings. The number of carbonyl (C=O) groups is 1. The van der Waals surface area contributed by atoms with E-state index in [4.69, 9.17) is 6.15 Å². The van der Waals surface area contributed by atoms with Crippen molar-refractivity contribution >= 4 is 70.4 Å². The minimum atomic E-state index is -3.30. The van der Waals surface area contributed by atoms with E-state index >= 15 is 0 Å². The molecule has 21 heavy (non-hydrogen) atoms. The Morgan fingerprint density at radius 2 is 1.67 bits per heavy atom. The third-order valence-corrected chi connectivity index (χ3v) is 14.6. The predicted octanol–water partition coefficient (Wildman–Crippen LogP) is 5.49. The first-order valence-corrected chi connectivity index (χ1v) is 15.9. The zero-order valence-corrected chi connectivity index (χ0v) is 19.5. The molecule has 3 nitrogen and oxygen atoms in total. The molecule has 0 amide bonds. The Balaban J connectivity index is 2.35. The Morgan fingerprint density at radius 1 is 1.05 bits per heavy atom. The molecule has 1 aromatic carbocycles. The molecule has 0 saturated heterocycles. The van der Waals surface area contributed by atoms with Crippen LogP contribution < -0.4 is 3.07 Å². The fourth-order valence-electron chi connectivity index (χ4n) is 2.47. The third-order valence-electron chi connectivity index (χ3n) is 3.62. The van der Waals surface area contributed by atoms with Crippen molar-refractivity contribution in [1.29, 1.82) is 0 Å². The van der Waals surface area contributed by atoms with E-state index in [1.54, 1.807) is 0 Å². The van der Waals surface area contributed by atoms with Gasteiger partial charge in [0.25, 0.3) is 0 Å². The zero-order valence-electron chi connectivity index (χ0n) is 12.4. The summed E-state index contributed by atoms with van der Waals surface area (Å²) in [5, 5.41) is 0. The van der Waals surface area contributed by atoms with Gasteiger partial charge in [0.15, 0.2) is 0 Å². The first-order valence-electron chi connectivity index (χ1n) is 7.42. The maximum absolute atomic E-state index is 12.5. The van der Waals surface area contributed by atoms with Crippen LogP contribution in [0.4, 0.5) is 0 Å². The van der Waals surface area contributed by atoms with Gasteiger partial charge in [0.2, 0.25) is 0 Å². The van der Waals surface area contributed by atoms with E-state index in [1.807, 2.05) is 6.07 Å². The molecule has 1 heterocycles. The number of carbonyl (C=O) groups excluding carboxylic acids is 1. The molecule has 0 atom stereocenters. The van der Waals surface area contributed by atoms with Crippen molar-refractivity contribution in [3.05, 3.63) is 24.8 Å². The maximum atomic E-state index is 12.5. The molecule has 6 heteroatoms. The monoisotopic (exact) mass is 622 g/mol. The molecule has 1 aromatic rings. The molecule has 116 valence electrons. The van der Waals surface area contributed by atoms with Gasteiger partial charge in [-0.1, -0.05) is 0 Å². The quantitative estimate of drug-likeness (QED) is 0.312. The molecule has 1 aliphatic heterocycles. The molecule has 0 unspecified atom stereocenters. The summed E-state index contributed by atoms with van der Waals surface area (Å²) in [4.78, 5) is 12.5. The van der Waals surface area contributed by atoms with Gasteiger partial charge in [-0.15, -0.1) is 0 Å². The molecule has 0 radical (unpaired) electrons. The van der Waals surface area contributed by atoms with E-state index in [1.165, 1.54) is 0 Å². The summed E-state index contributed by atoms with van der Waals surface area (Å²) < 4.78 is 16.4. The third kappa shape index (κ3) is 4.39. The molecule has 0 bridgehead atoms. The molecular weight excluding hydrogens is 601 g/mol. The van der Waals surface area contributed by atoms with Crippen molar-refractivity contribution in [2.75, 3.05) is 0 Å². The van der Waals surface area contributed by atoms with Crippen LogP contribution in [0.15, 0.2) is 12.1 Å². The van der Waals surface area contributed by atoms with Crippen molar-refractivity contribution in [3.8, 4) is 5.75 Å². The van der Waals surface area contributed by atoms with Crippen LogP contribution in [0, 0.1) is 7.14 Å². The van der Waals surface area contributed by atoms with E-state index in [0.29, 0.717) is 5.56 Å². The summed E-state index contributed by atoms with van der Waals surface area (Å²) in [5.41, 5.74) is 0.603. The van der Waals surface area contributed by atoms with Crippen molar-refractivity contribution < 1.29 is 10.9 Å². The fourth-order valence-corrected chi connectivity index (χ4v) is 15.1. The molecule has 0 aromatic heterocycles. The molecule has 0 saturated carbocycles. The number of rotatable bonds is 6. The van der Waals surface area contributed by atoms with E-state index in [-0.39, 0.29) is 5.97 Å². The molecular formula is C15H20I2O3Sn. The van der Waals surface area contributed by atoms with E-state index in [2.05, 4.69) is 65.1 Å². The van der Waals surface area contributed by atoms with Crippen LogP contribution in [0.2, 0.25) is 8.87 Å². The predicted molar refractivity (Wildman–Crippen MR) is 103 cm³/mol. The number of hydrogen-bond donors (Lipinski definition) is 0. The van der Waals surface area contributed by atoms with Crippen molar-refractivity contribution in [1.82, 2.24) is 0 Å². The topological polar surface area (TPSA) is 35.5 Å². The van der Waals surface area contributed by atoms with Crippen LogP contribution in [0.3, 0.4) is 0 Å². The number of hydrogen-bond acceptors (Lipinski definition) is 3. The average Bonchev–Trinajstić information content (AvgIpc) is 2.45. The van der Waals surface area contributed by atoms with Crippen LogP contribution in [0.1, 0.15) is 49.9 Å². The van der Waals surface area contributed by atoms with Gasteiger partial charge in [0.05, 0.1) is 0 Å². The van der Waals surface area contributed by atoms with Gasteiger partial charge >= 0.3 is 160 Å². The van der Waals surface area contributed by atoms with Crippen LogP contribution in [0.25, 0.3) is 0 Å². The zero-order chi connectivity index (χ0) is 15.5. The second-order valence-electron chi connectivity index (χ2n) is 5.37. The summed E-state index contributed by atoms with van der Waals surface area (Å²) in [5.74, 6) is 0.631. The molecule has 0 aliphatic carbocycles. The normalized spacial score (nSPS) is 16.1. The van der Waals surface area contributed by atoms with Gasteiger partial charge in [-0.25, -0.2) is 0 Å². The Hall–Kier alpha value is 0.749. The van der Waals surface area contributed by atoms with Gasteiger partial charge in [-0.3, -0.25) is 0 Å². The minimum absolute atomic E-state index is 0.157. The Kier molecular flexibility index (Phi) is 6.92. The first-order chi connectivity index (χ1) is 10.0. The SMILES string of the molecule is CCC[CH2][Sn]1([CH2]CCC)[O]C(=O)c2cc(I)cc(I)c2[O]1. The van der Waals surface area contributed by atoms with Crippen LogP contribution in [0.5, 0.6) is 5.75 Å². The summed E-state index contributed by atoms with van der Waals surface area (Å²) in [6, 6.07) is 3.94. The Bertz CT molecular complexity index is 526. The fraction of sp³-hybridized carbons (Fsp3) is 0.533. The summed E-state index contributed by atoms with van der Waals surface area (Å²) in [6.07, 6.45) is 4.40. The van der Waals surface area contributed by atoms with Crippen LogP contribution in [-0.2, 0) is 3.07 Å². The number of halogens is 2. The van der Waals surface area contributed by atoms with Crippen molar-refractivity contribution in [2.24, 2.45) is 0 Å². The van der Waals surface area contributed by atoms with Gasteiger partial charge in [-0.05, 0) is 0 Å². The molecule has 1 aliphatic rings. The molecule has 0 spiro atoms. The van der Waals surface area contributed by atoms with Gasteiger partial charge in [0.1, 0.15) is 0 Å². The summed E-state index contributed by atoms with van der Waals surface area (Å²) in [7, 11) is 0. The van der Waals surface area contributed by atoms with Gasteiger partial charge in [0, 0.05) is 0 Å². The molecule has 0 N–H and O–H groups in total. The standard InChI is InChI=1S/C7H4I2O3.2C4H9.Sn/c8-3-1-4(7(11)12)6(10)5(9)2-3;2*1-3-4-2;/h1-2,10H,(H,11,12);2*1,3-4H2,2H3;/q;;;+2/p-2. The van der Waals surface area contributed by atoms with E-state index < -0.39 is 19.2 Å². The number of benzene rings is 1. The second kappa shape index (κ2) is 8.03.